The Balaban J connectivity index is 1.79. The van der Waals surface area contributed by atoms with Gasteiger partial charge in [0.25, 0.3) is 0 Å². The molecule has 19 heavy (non-hydrogen) atoms. The fourth-order valence-corrected chi connectivity index (χ4v) is 3.86. The standard InChI is InChI=1S/C13H21BrO5/c1-16-12-9(15)11-10(8(7-14)17-12)18-13(19-11)5-3-2-4-6-13/h8-12,15H,2-7H2,1H3. The maximum absolute atomic E-state index is 10.3. The first-order valence-corrected chi connectivity index (χ1v) is 8.09. The predicted molar refractivity (Wildman–Crippen MR) is 71.0 cm³/mol. The molecule has 0 bridgehead atoms. The third-order valence-corrected chi connectivity index (χ3v) is 4.95. The second-order valence-electron chi connectivity index (χ2n) is 5.56. The minimum atomic E-state index is -0.799. The van der Waals surface area contributed by atoms with Crippen molar-refractivity contribution < 1.29 is 24.1 Å². The van der Waals surface area contributed by atoms with Crippen molar-refractivity contribution in [2.24, 2.45) is 0 Å². The van der Waals surface area contributed by atoms with Crippen LogP contribution in [-0.4, -0.2) is 54.0 Å². The lowest BCUT2D eigenvalue weighted by atomic mass is 9.94. The van der Waals surface area contributed by atoms with Crippen molar-refractivity contribution in [3.05, 3.63) is 0 Å². The van der Waals surface area contributed by atoms with Gasteiger partial charge in [-0.05, 0) is 12.8 Å². The Labute approximate surface area is 121 Å². The Kier molecular flexibility index (Phi) is 4.18. The predicted octanol–water partition coefficient (Wildman–Crippen LogP) is 1.56. The maximum Gasteiger partial charge on any atom is 0.186 e. The molecule has 0 aromatic heterocycles. The average molecular weight is 337 g/mol. The number of alkyl halides is 1. The number of rotatable bonds is 2. The minimum absolute atomic E-state index is 0.153. The average Bonchev–Trinajstić information content (AvgIpc) is 2.80. The van der Waals surface area contributed by atoms with Crippen molar-refractivity contribution >= 4 is 15.9 Å². The van der Waals surface area contributed by atoms with Crippen molar-refractivity contribution in [1.82, 2.24) is 0 Å². The van der Waals surface area contributed by atoms with Crippen molar-refractivity contribution in [3.63, 3.8) is 0 Å². The van der Waals surface area contributed by atoms with Crippen molar-refractivity contribution in [1.29, 1.82) is 0 Å². The van der Waals surface area contributed by atoms with E-state index in [0.717, 1.165) is 25.7 Å². The molecule has 1 N–H and O–H groups in total. The summed E-state index contributed by atoms with van der Waals surface area (Å²) in [5.74, 6) is -0.513. The Morgan fingerprint density at radius 3 is 2.53 bits per heavy atom. The quantitative estimate of drug-likeness (QED) is 0.775. The smallest absolute Gasteiger partial charge is 0.186 e. The summed E-state index contributed by atoms with van der Waals surface area (Å²) in [5, 5.41) is 10.9. The molecular weight excluding hydrogens is 316 g/mol. The molecular formula is C13H21BrO5. The summed E-state index contributed by atoms with van der Waals surface area (Å²) in [5.41, 5.74) is 0. The van der Waals surface area contributed by atoms with Crippen LogP contribution in [0.1, 0.15) is 32.1 Å². The molecule has 0 aromatic carbocycles. The number of methoxy groups -OCH3 is 1. The van der Waals surface area contributed by atoms with Crippen LogP contribution >= 0.6 is 15.9 Å². The summed E-state index contributed by atoms with van der Waals surface area (Å²) in [7, 11) is 1.53. The molecule has 110 valence electrons. The molecule has 0 aromatic rings. The lowest BCUT2D eigenvalue weighted by Gasteiger charge is -2.38. The summed E-state index contributed by atoms with van der Waals surface area (Å²) in [6.07, 6.45) is 3.08. The third-order valence-electron chi connectivity index (χ3n) is 4.32. The molecule has 5 unspecified atom stereocenters. The molecule has 2 saturated heterocycles. The zero-order valence-corrected chi connectivity index (χ0v) is 12.7. The van der Waals surface area contributed by atoms with Crippen LogP contribution in [0.2, 0.25) is 0 Å². The number of hydrogen-bond donors (Lipinski definition) is 1. The van der Waals surface area contributed by atoms with Crippen molar-refractivity contribution in [2.75, 3.05) is 12.4 Å². The molecule has 5 nitrogen and oxygen atoms in total. The van der Waals surface area contributed by atoms with Crippen LogP contribution in [-0.2, 0) is 18.9 Å². The van der Waals surface area contributed by atoms with Gasteiger partial charge in [0.15, 0.2) is 12.1 Å². The van der Waals surface area contributed by atoms with Gasteiger partial charge in [-0.15, -0.1) is 0 Å². The van der Waals surface area contributed by atoms with E-state index in [1.54, 1.807) is 0 Å². The van der Waals surface area contributed by atoms with Gasteiger partial charge in [-0.2, -0.15) is 0 Å². The molecule has 5 atom stereocenters. The van der Waals surface area contributed by atoms with E-state index in [1.165, 1.54) is 13.5 Å². The molecule has 1 spiro atoms. The number of hydrogen-bond acceptors (Lipinski definition) is 5. The van der Waals surface area contributed by atoms with E-state index < -0.39 is 18.2 Å². The Morgan fingerprint density at radius 1 is 1.21 bits per heavy atom. The molecule has 0 amide bonds. The molecule has 6 heteroatoms. The molecule has 2 aliphatic heterocycles. The molecule has 3 aliphatic rings. The van der Waals surface area contributed by atoms with E-state index in [1.807, 2.05) is 0 Å². The lowest BCUT2D eigenvalue weighted by molar-refractivity contribution is -0.264. The highest BCUT2D eigenvalue weighted by atomic mass is 79.9. The van der Waals surface area contributed by atoms with Gasteiger partial charge in [0.05, 0.1) is 6.10 Å². The zero-order chi connectivity index (χ0) is 13.5. The summed E-state index contributed by atoms with van der Waals surface area (Å²) in [6, 6.07) is 0. The van der Waals surface area contributed by atoms with Crippen LogP contribution in [0.15, 0.2) is 0 Å². The molecule has 3 fully saturated rings. The van der Waals surface area contributed by atoms with E-state index in [9.17, 15) is 5.11 Å². The van der Waals surface area contributed by atoms with Gasteiger partial charge in [0.2, 0.25) is 0 Å². The van der Waals surface area contributed by atoms with Gasteiger partial charge in [-0.3, -0.25) is 0 Å². The largest absolute Gasteiger partial charge is 0.385 e. The van der Waals surface area contributed by atoms with Gasteiger partial charge in [-0.25, -0.2) is 0 Å². The van der Waals surface area contributed by atoms with Crippen LogP contribution in [0.25, 0.3) is 0 Å². The Bertz CT molecular complexity index is 320. The second kappa shape index (κ2) is 5.58. The van der Waals surface area contributed by atoms with E-state index in [2.05, 4.69) is 15.9 Å². The number of aliphatic hydroxyl groups is 1. The summed E-state index contributed by atoms with van der Waals surface area (Å²) < 4.78 is 23.2. The Hall–Kier alpha value is 0.280. The van der Waals surface area contributed by atoms with Gasteiger partial charge in [0.1, 0.15) is 18.3 Å². The van der Waals surface area contributed by atoms with Crippen LogP contribution in [0.3, 0.4) is 0 Å². The lowest BCUT2D eigenvalue weighted by Crippen LogP contribution is -2.57. The first-order chi connectivity index (χ1) is 9.19. The minimum Gasteiger partial charge on any atom is -0.385 e. The number of fused-ring (bicyclic) bond motifs is 1. The van der Waals surface area contributed by atoms with Gasteiger partial charge in [0, 0.05) is 25.3 Å². The maximum atomic E-state index is 10.3. The van der Waals surface area contributed by atoms with E-state index in [-0.39, 0.29) is 18.3 Å². The van der Waals surface area contributed by atoms with Crippen LogP contribution in [0.4, 0.5) is 0 Å². The van der Waals surface area contributed by atoms with E-state index in [4.69, 9.17) is 18.9 Å². The fraction of sp³-hybridized carbons (Fsp3) is 1.00. The zero-order valence-electron chi connectivity index (χ0n) is 11.1. The summed E-state index contributed by atoms with van der Waals surface area (Å²) >= 11 is 3.44. The summed E-state index contributed by atoms with van der Waals surface area (Å²) in [4.78, 5) is 0. The van der Waals surface area contributed by atoms with E-state index >= 15 is 0 Å². The number of aliphatic hydroxyl groups excluding tert-OH is 1. The highest BCUT2D eigenvalue weighted by molar-refractivity contribution is 9.09. The second-order valence-corrected chi connectivity index (χ2v) is 6.21. The third kappa shape index (κ3) is 2.47. The number of ether oxygens (including phenoxy) is 4. The van der Waals surface area contributed by atoms with Gasteiger partial charge >= 0.3 is 0 Å². The Morgan fingerprint density at radius 2 is 1.89 bits per heavy atom. The van der Waals surface area contributed by atoms with Gasteiger partial charge in [-0.1, -0.05) is 22.4 Å². The van der Waals surface area contributed by atoms with Crippen LogP contribution < -0.4 is 0 Å². The molecule has 2 heterocycles. The van der Waals surface area contributed by atoms with Crippen molar-refractivity contribution in [3.8, 4) is 0 Å². The summed E-state index contributed by atoms with van der Waals surface area (Å²) in [6.45, 7) is 0. The topological polar surface area (TPSA) is 57.2 Å². The van der Waals surface area contributed by atoms with Crippen molar-refractivity contribution in [2.45, 2.75) is 68.6 Å². The van der Waals surface area contributed by atoms with Crippen LogP contribution in [0, 0.1) is 0 Å². The molecule has 3 rings (SSSR count). The molecule has 1 aliphatic carbocycles. The first-order valence-electron chi connectivity index (χ1n) is 6.97. The van der Waals surface area contributed by atoms with Crippen LogP contribution in [0.5, 0.6) is 0 Å². The SMILES string of the molecule is COC1OC(CBr)C2OC3(CCCCC3)OC2C1O. The monoisotopic (exact) mass is 336 g/mol. The first kappa shape index (κ1) is 14.2. The highest BCUT2D eigenvalue weighted by Gasteiger charge is 2.57. The normalized spacial score (nSPS) is 45.3. The van der Waals surface area contributed by atoms with E-state index in [0.29, 0.717) is 5.33 Å². The molecule has 1 saturated carbocycles. The number of halogens is 1. The van der Waals surface area contributed by atoms with Gasteiger partial charge < -0.3 is 24.1 Å². The molecule has 0 radical (unpaired) electrons. The fourth-order valence-electron chi connectivity index (χ4n) is 3.34. The highest BCUT2D eigenvalue weighted by Crippen LogP contribution is 2.45.